The molecule has 0 saturated heterocycles. The lowest BCUT2D eigenvalue weighted by molar-refractivity contribution is -0.166. The van der Waals surface area contributed by atoms with Crippen LogP contribution >= 0.6 is 0 Å². The molecule has 0 aliphatic heterocycles. The standard InChI is InChI=1S/C25H34N4O4/c1-18(29(33)17-30)21(14-8-12-19-10-6-5-7-11-19)23(31)28-22(25(2,3)4)24(32)27-20-13-9-15-26-16-20/h5-7,9-11,13,15-18,21-22,33H,8,12,14H2,1-4H3,(H,27,32)(H,28,31)/t18-,21+,22+/m0/s1. The Kier molecular flexibility index (Phi) is 9.54. The molecule has 8 nitrogen and oxygen atoms in total. The first-order chi connectivity index (χ1) is 15.6. The molecule has 1 heterocycles. The van der Waals surface area contributed by atoms with Gasteiger partial charge in [0.25, 0.3) is 0 Å². The minimum Gasteiger partial charge on any atom is -0.343 e. The summed E-state index contributed by atoms with van der Waals surface area (Å²) in [6.45, 7) is 7.19. The van der Waals surface area contributed by atoms with Crippen molar-refractivity contribution in [2.75, 3.05) is 5.32 Å². The molecule has 0 aliphatic rings. The van der Waals surface area contributed by atoms with E-state index in [4.69, 9.17) is 0 Å². The molecule has 0 saturated carbocycles. The van der Waals surface area contributed by atoms with Gasteiger partial charge in [-0.15, -0.1) is 0 Å². The summed E-state index contributed by atoms with van der Waals surface area (Å²) in [5.74, 6) is -1.45. The van der Waals surface area contributed by atoms with E-state index in [0.29, 0.717) is 30.0 Å². The number of nitrogens with one attached hydrogen (secondary N) is 2. The SMILES string of the molecule is C[C@@H]([C@@H](CCCc1ccccc1)C(=O)N[C@H](C(=O)Nc1cccnc1)C(C)(C)C)N(O)C=O. The van der Waals surface area contributed by atoms with Gasteiger partial charge in [0.2, 0.25) is 18.2 Å². The number of rotatable bonds is 11. The number of amides is 3. The first-order valence-electron chi connectivity index (χ1n) is 11.1. The average Bonchev–Trinajstić information content (AvgIpc) is 2.79. The number of aryl methyl sites for hydroxylation is 1. The number of hydrogen-bond acceptors (Lipinski definition) is 5. The lowest BCUT2D eigenvalue weighted by atomic mass is 9.84. The van der Waals surface area contributed by atoms with Crippen molar-refractivity contribution >= 4 is 23.9 Å². The monoisotopic (exact) mass is 454 g/mol. The Labute approximate surface area is 195 Å². The molecule has 0 unspecified atom stereocenters. The molecule has 3 amide bonds. The van der Waals surface area contributed by atoms with E-state index >= 15 is 0 Å². The third-order valence-corrected chi connectivity index (χ3v) is 5.61. The van der Waals surface area contributed by atoms with Gasteiger partial charge in [-0.3, -0.25) is 24.6 Å². The highest BCUT2D eigenvalue weighted by Crippen LogP contribution is 2.24. The minimum atomic E-state index is -0.836. The Morgan fingerprint density at radius 2 is 1.82 bits per heavy atom. The van der Waals surface area contributed by atoms with Gasteiger partial charge < -0.3 is 10.6 Å². The first-order valence-corrected chi connectivity index (χ1v) is 11.1. The summed E-state index contributed by atoms with van der Waals surface area (Å²) in [5.41, 5.74) is 1.09. The summed E-state index contributed by atoms with van der Waals surface area (Å²) in [7, 11) is 0. The van der Waals surface area contributed by atoms with E-state index in [1.165, 1.54) is 6.20 Å². The highest BCUT2D eigenvalue weighted by molar-refractivity contribution is 5.98. The number of hydrogen-bond donors (Lipinski definition) is 3. The second-order valence-corrected chi connectivity index (χ2v) is 9.25. The molecule has 0 spiro atoms. The maximum Gasteiger partial charge on any atom is 0.247 e. The summed E-state index contributed by atoms with van der Waals surface area (Å²) in [6.07, 6.45) is 5.30. The second-order valence-electron chi connectivity index (χ2n) is 9.25. The summed E-state index contributed by atoms with van der Waals surface area (Å²) >= 11 is 0. The van der Waals surface area contributed by atoms with E-state index in [0.717, 1.165) is 12.0 Å². The van der Waals surface area contributed by atoms with Crippen molar-refractivity contribution in [3.8, 4) is 0 Å². The van der Waals surface area contributed by atoms with Crippen molar-refractivity contribution in [2.24, 2.45) is 11.3 Å². The minimum absolute atomic E-state index is 0.290. The van der Waals surface area contributed by atoms with E-state index < -0.39 is 29.3 Å². The van der Waals surface area contributed by atoms with Crippen LogP contribution in [0.3, 0.4) is 0 Å². The third-order valence-electron chi connectivity index (χ3n) is 5.61. The predicted molar refractivity (Wildman–Crippen MR) is 126 cm³/mol. The van der Waals surface area contributed by atoms with Gasteiger partial charge in [-0.1, -0.05) is 51.1 Å². The molecule has 33 heavy (non-hydrogen) atoms. The van der Waals surface area contributed by atoms with E-state index in [1.54, 1.807) is 25.3 Å². The van der Waals surface area contributed by atoms with Gasteiger partial charge in [-0.25, -0.2) is 5.06 Å². The third kappa shape index (κ3) is 7.98. The summed E-state index contributed by atoms with van der Waals surface area (Å²) in [5, 5.41) is 16.1. The average molecular weight is 455 g/mol. The topological polar surface area (TPSA) is 112 Å². The van der Waals surface area contributed by atoms with Crippen LogP contribution in [0.2, 0.25) is 0 Å². The molecule has 2 aromatic rings. The van der Waals surface area contributed by atoms with Crippen LogP contribution in [0.4, 0.5) is 5.69 Å². The highest BCUT2D eigenvalue weighted by Gasteiger charge is 2.36. The number of carbonyl (C=O) groups excluding carboxylic acids is 3. The molecule has 2 rings (SSSR count). The van der Waals surface area contributed by atoms with E-state index in [9.17, 15) is 19.6 Å². The largest absolute Gasteiger partial charge is 0.343 e. The van der Waals surface area contributed by atoms with E-state index in [1.807, 2.05) is 51.1 Å². The van der Waals surface area contributed by atoms with Gasteiger partial charge in [-0.05, 0) is 49.3 Å². The maximum absolute atomic E-state index is 13.3. The smallest absolute Gasteiger partial charge is 0.247 e. The number of aromatic nitrogens is 1. The van der Waals surface area contributed by atoms with Crippen LogP contribution in [-0.2, 0) is 20.8 Å². The lowest BCUT2D eigenvalue weighted by Crippen LogP contribution is -2.55. The Balaban J connectivity index is 2.14. The zero-order valence-electron chi connectivity index (χ0n) is 19.7. The summed E-state index contributed by atoms with van der Waals surface area (Å²) < 4.78 is 0. The number of anilines is 1. The number of nitrogens with zero attached hydrogens (tertiary/aromatic N) is 2. The van der Waals surface area contributed by atoms with Gasteiger partial charge in [0.1, 0.15) is 6.04 Å². The number of benzene rings is 1. The lowest BCUT2D eigenvalue weighted by Gasteiger charge is -2.33. The van der Waals surface area contributed by atoms with Gasteiger partial charge in [-0.2, -0.15) is 0 Å². The van der Waals surface area contributed by atoms with Crippen molar-refractivity contribution < 1.29 is 19.6 Å². The Bertz CT molecular complexity index is 900. The number of hydroxylamine groups is 2. The molecule has 0 radical (unpaired) electrons. The number of pyridine rings is 1. The predicted octanol–water partition coefficient (Wildman–Crippen LogP) is 3.43. The van der Waals surface area contributed by atoms with Crippen molar-refractivity contribution in [1.29, 1.82) is 0 Å². The molecular formula is C25H34N4O4. The van der Waals surface area contributed by atoms with Gasteiger partial charge in [0.05, 0.1) is 23.8 Å². The van der Waals surface area contributed by atoms with Gasteiger partial charge >= 0.3 is 0 Å². The van der Waals surface area contributed by atoms with Crippen LogP contribution in [0.25, 0.3) is 0 Å². The fraction of sp³-hybridized carbons (Fsp3) is 0.440. The second kappa shape index (κ2) is 12.1. The Morgan fingerprint density at radius 1 is 1.12 bits per heavy atom. The van der Waals surface area contributed by atoms with Crippen LogP contribution < -0.4 is 10.6 Å². The molecule has 0 bridgehead atoms. The molecule has 1 aromatic carbocycles. The molecule has 178 valence electrons. The quantitative estimate of drug-likeness (QED) is 0.274. The van der Waals surface area contributed by atoms with Crippen LogP contribution in [0.15, 0.2) is 54.9 Å². The molecule has 0 fully saturated rings. The number of carbonyl (C=O) groups is 3. The van der Waals surface area contributed by atoms with Crippen molar-refractivity contribution in [3.05, 3.63) is 60.4 Å². The summed E-state index contributed by atoms with van der Waals surface area (Å²) in [6, 6.07) is 11.7. The van der Waals surface area contributed by atoms with Gasteiger partial charge in [0, 0.05) is 6.20 Å². The molecule has 8 heteroatoms. The maximum atomic E-state index is 13.3. The summed E-state index contributed by atoms with van der Waals surface area (Å²) in [4.78, 5) is 41.4. The fourth-order valence-corrected chi connectivity index (χ4v) is 3.62. The van der Waals surface area contributed by atoms with Crippen molar-refractivity contribution in [1.82, 2.24) is 15.4 Å². The molecule has 3 atom stereocenters. The van der Waals surface area contributed by atoms with Gasteiger partial charge in [0.15, 0.2) is 0 Å². The zero-order chi connectivity index (χ0) is 24.4. The molecule has 0 aliphatic carbocycles. The Hall–Kier alpha value is -3.26. The molecule has 3 N–H and O–H groups in total. The van der Waals surface area contributed by atoms with Crippen molar-refractivity contribution in [2.45, 2.75) is 59.0 Å². The first kappa shape index (κ1) is 26.0. The van der Waals surface area contributed by atoms with Crippen LogP contribution in [0.1, 0.15) is 46.1 Å². The highest BCUT2D eigenvalue weighted by atomic mass is 16.5. The van der Waals surface area contributed by atoms with Crippen molar-refractivity contribution in [3.63, 3.8) is 0 Å². The van der Waals surface area contributed by atoms with Crippen LogP contribution in [0.5, 0.6) is 0 Å². The zero-order valence-corrected chi connectivity index (χ0v) is 19.7. The normalized spacial score (nSPS) is 14.0. The molecular weight excluding hydrogens is 420 g/mol. The van der Waals surface area contributed by atoms with Crippen LogP contribution in [0, 0.1) is 11.3 Å². The molecule has 1 aromatic heterocycles. The Morgan fingerprint density at radius 3 is 2.39 bits per heavy atom. The van der Waals surface area contributed by atoms with E-state index in [-0.39, 0.29) is 5.91 Å². The van der Waals surface area contributed by atoms with E-state index in [2.05, 4.69) is 15.6 Å². The van der Waals surface area contributed by atoms with Crippen LogP contribution in [-0.4, -0.2) is 45.6 Å². The fourth-order valence-electron chi connectivity index (χ4n) is 3.62.